The highest BCUT2D eigenvalue weighted by atomic mass is 32.1. The van der Waals surface area contributed by atoms with Gasteiger partial charge in [0.1, 0.15) is 0 Å². The van der Waals surface area contributed by atoms with Crippen molar-refractivity contribution in [2.24, 2.45) is 0 Å². The van der Waals surface area contributed by atoms with Gasteiger partial charge in [-0.05, 0) is 17.9 Å². The van der Waals surface area contributed by atoms with Gasteiger partial charge in [-0.1, -0.05) is 6.07 Å². The molecule has 1 aliphatic heterocycles. The van der Waals surface area contributed by atoms with Crippen LogP contribution in [0.4, 0.5) is 0 Å². The number of rotatable bonds is 2. The predicted molar refractivity (Wildman–Crippen MR) is 66.1 cm³/mol. The van der Waals surface area contributed by atoms with Gasteiger partial charge in [0, 0.05) is 30.9 Å². The van der Waals surface area contributed by atoms with Crippen LogP contribution in [0.2, 0.25) is 0 Å². The van der Waals surface area contributed by atoms with E-state index < -0.39 is 0 Å². The minimum Gasteiger partial charge on any atom is -0.348 e. The van der Waals surface area contributed by atoms with E-state index in [2.05, 4.69) is 14.9 Å². The number of aryl methyl sites for hydroxylation is 1. The summed E-state index contributed by atoms with van der Waals surface area (Å²) in [6.07, 6.45) is 5.58. The topological polar surface area (TPSA) is 46.9 Å². The molecular formula is C12H13N3OS. The molecule has 0 bridgehead atoms. The maximum Gasteiger partial charge on any atom is 0.261 e. The van der Waals surface area contributed by atoms with Crippen LogP contribution < -0.4 is 5.32 Å². The monoisotopic (exact) mass is 247 g/mol. The highest BCUT2D eigenvalue weighted by Crippen LogP contribution is 2.15. The average molecular weight is 247 g/mol. The normalized spacial score (nSPS) is 18.7. The molecule has 0 fully saturated rings. The summed E-state index contributed by atoms with van der Waals surface area (Å²) in [7, 11) is 0. The third kappa shape index (κ3) is 2.10. The maximum atomic E-state index is 11.9. The number of fused-ring (bicyclic) bond motifs is 1. The fourth-order valence-electron chi connectivity index (χ4n) is 2.16. The Hall–Kier alpha value is -1.62. The van der Waals surface area contributed by atoms with E-state index in [9.17, 15) is 4.79 Å². The maximum absolute atomic E-state index is 11.9. The molecule has 1 aliphatic rings. The Labute approximate surface area is 103 Å². The van der Waals surface area contributed by atoms with E-state index in [1.807, 2.05) is 30.0 Å². The molecule has 0 radical (unpaired) electrons. The van der Waals surface area contributed by atoms with Gasteiger partial charge in [0.05, 0.1) is 11.2 Å². The van der Waals surface area contributed by atoms with Crippen molar-refractivity contribution < 1.29 is 4.79 Å². The molecule has 2 aromatic rings. The van der Waals surface area contributed by atoms with Gasteiger partial charge in [-0.3, -0.25) is 4.79 Å². The molecule has 4 nitrogen and oxygen atoms in total. The number of nitrogens with one attached hydrogen (secondary N) is 1. The number of hydrogen-bond donors (Lipinski definition) is 1. The van der Waals surface area contributed by atoms with Gasteiger partial charge in [0.2, 0.25) is 0 Å². The zero-order valence-electron chi connectivity index (χ0n) is 9.30. The Balaban J connectivity index is 1.66. The highest BCUT2D eigenvalue weighted by molar-refractivity contribution is 7.12. The predicted octanol–water partition coefficient (Wildman–Crippen LogP) is 1.69. The van der Waals surface area contributed by atoms with E-state index in [0.29, 0.717) is 0 Å². The van der Waals surface area contributed by atoms with Crippen molar-refractivity contribution in [1.82, 2.24) is 14.9 Å². The molecule has 2 aromatic heterocycles. The first-order valence-corrected chi connectivity index (χ1v) is 6.54. The lowest BCUT2D eigenvalue weighted by atomic mass is 10.0. The van der Waals surface area contributed by atoms with Crippen molar-refractivity contribution in [2.75, 3.05) is 0 Å². The Bertz CT molecular complexity index is 518. The zero-order chi connectivity index (χ0) is 11.7. The fourth-order valence-corrected chi connectivity index (χ4v) is 2.78. The summed E-state index contributed by atoms with van der Waals surface area (Å²) in [5, 5.41) is 5.00. The second-order valence-electron chi connectivity index (χ2n) is 4.22. The number of carbonyl (C=O) groups is 1. The van der Waals surface area contributed by atoms with Crippen molar-refractivity contribution in [3.63, 3.8) is 0 Å². The summed E-state index contributed by atoms with van der Waals surface area (Å²) in [4.78, 5) is 16.8. The lowest BCUT2D eigenvalue weighted by Crippen LogP contribution is -2.39. The van der Waals surface area contributed by atoms with Gasteiger partial charge < -0.3 is 9.88 Å². The van der Waals surface area contributed by atoms with Crippen LogP contribution in [0, 0.1) is 0 Å². The average Bonchev–Trinajstić information content (AvgIpc) is 2.99. The van der Waals surface area contributed by atoms with E-state index in [1.165, 1.54) is 17.0 Å². The van der Waals surface area contributed by atoms with Gasteiger partial charge in [0.15, 0.2) is 0 Å². The van der Waals surface area contributed by atoms with Crippen LogP contribution in [0.15, 0.2) is 30.0 Å². The van der Waals surface area contributed by atoms with Crippen LogP contribution in [0.3, 0.4) is 0 Å². The van der Waals surface area contributed by atoms with Crippen LogP contribution >= 0.6 is 11.3 Å². The molecule has 88 valence electrons. The Morgan fingerprint density at radius 2 is 2.53 bits per heavy atom. The second kappa shape index (κ2) is 4.33. The van der Waals surface area contributed by atoms with Gasteiger partial charge in [-0.15, -0.1) is 11.3 Å². The van der Waals surface area contributed by atoms with E-state index in [4.69, 9.17) is 0 Å². The van der Waals surface area contributed by atoms with Crippen LogP contribution in [0.1, 0.15) is 21.8 Å². The van der Waals surface area contributed by atoms with E-state index in [-0.39, 0.29) is 11.9 Å². The number of amides is 1. The van der Waals surface area contributed by atoms with Crippen LogP contribution in [-0.4, -0.2) is 21.5 Å². The molecule has 0 saturated heterocycles. The van der Waals surface area contributed by atoms with Gasteiger partial charge in [0.25, 0.3) is 5.91 Å². The lowest BCUT2D eigenvalue weighted by Gasteiger charge is -2.24. The first-order chi connectivity index (χ1) is 8.33. The van der Waals surface area contributed by atoms with Crippen molar-refractivity contribution in [1.29, 1.82) is 0 Å². The van der Waals surface area contributed by atoms with Crippen LogP contribution in [0.25, 0.3) is 0 Å². The van der Waals surface area contributed by atoms with Gasteiger partial charge in [-0.2, -0.15) is 0 Å². The largest absolute Gasteiger partial charge is 0.348 e. The molecule has 1 amide bonds. The number of thiophene rings is 1. The van der Waals surface area contributed by atoms with Gasteiger partial charge >= 0.3 is 0 Å². The molecule has 1 unspecified atom stereocenters. The molecule has 1 atom stereocenters. The summed E-state index contributed by atoms with van der Waals surface area (Å²) in [5.41, 5.74) is 1.20. The van der Waals surface area contributed by atoms with Crippen LogP contribution in [0.5, 0.6) is 0 Å². The molecule has 17 heavy (non-hydrogen) atoms. The van der Waals surface area contributed by atoms with Crippen molar-refractivity contribution >= 4 is 17.2 Å². The Morgan fingerprint density at radius 1 is 1.59 bits per heavy atom. The fraction of sp³-hybridized carbons (Fsp3) is 0.333. The van der Waals surface area contributed by atoms with E-state index in [1.54, 1.807) is 0 Å². The van der Waals surface area contributed by atoms with Crippen molar-refractivity contribution in [2.45, 2.75) is 25.4 Å². The van der Waals surface area contributed by atoms with Gasteiger partial charge in [-0.25, -0.2) is 4.98 Å². The second-order valence-corrected chi connectivity index (χ2v) is 5.17. The summed E-state index contributed by atoms with van der Waals surface area (Å²) < 4.78 is 2.15. The number of imidazole rings is 1. The molecule has 0 aromatic carbocycles. The first-order valence-electron chi connectivity index (χ1n) is 5.66. The van der Waals surface area contributed by atoms with Crippen molar-refractivity contribution in [3.8, 4) is 0 Å². The highest BCUT2D eigenvalue weighted by Gasteiger charge is 2.20. The molecule has 0 spiro atoms. The molecule has 1 N–H and O–H groups in total. The Kier molecular flexibility index (Phi) is 2.68. The van der Waals surface area contributed by atoms with E-state index >= 15 is 0 Å². The molecule has 3 heterocycles. The van der Waals surface area contributed by atoms with Crippen molar-refractivity contribution in [3.05, 3.63) is 40.6 Å². The minimum atomic E-state index is 0.0398. The smallest absolute Gasteiger partial charge is 0.261 e. The summed E-state index contributed by atoms with van der Waals surface area (Å²) in [6.45, 7) is 0.935. The summed E-state index contributed by atoms with van der Waals surface area (Å²) >= 11 is 1.48. The third-order valence-corrected chi connectivity index (χ3v) is 3.92. The zero-order valence-corrected chi connectivity index (χ0v) is 10.1. The number of hydrogen-bond acceptors (Lipinski definition) is 3. The van der Waals surface area contributed by atoms with Crippen LogP contribution in [-0.2, 0) is 13.0 Å². The molecule has 0 aliphatic carbocycles. The third-order valence-electron chi connectivity index (χ3n) is 3.05. The minimum absolute atomic E-state index is 0.0398. The standard InChI is InChI=1S/C12H13N3OS/c16-12(11-2-1-5-17-11)14-9-3-4-15-8-13-7-10(15)6-9/h1-2,5,7-9H,3-4,6H2,(H,14,16). The molecule has 3 rings (SSSR count). The number of nitrogens with zero attached hydrogens (tertiary/aromatic N) is 2. The Morgan fingerprint density at radius 3 is 3.35 bits per heavy atom. The summed E-state index contributed by atoms with van der Waals surface area (Å²) in [5.74, 6) is 0.0398. The summed E-state index contributed by atoms with van der Waals surface area (Å²) in [6, 6.07) is 3.98. The number of aromatic nitrogens is 2. The quantitative estimate of drug-likeness (QED) is 0.878. The van der Waals surface area contributed by atoms with E-state index in [0.717, 1.165) is 24.3 Å². The lowest BCUT2D eigenvalue weighted by molar-refractivity contribution is 0.0935. The number of carbonyl (C=O) groups excluding carboxylic acids is 1. The molecule has 0 saturated carbocycles. The molecular weight excluding hydrogens is 234 g/mol. The SMILES string of the molecule is O=C(NC1CCn2cncc2C1)c1cccs1. The molecule has 5 heteroatoms. The first kappa shape index (κ1) is 10.5.